The number of fused-ring (bicyclic) bond motifs is 1. The summed E-state index contributed by atoms with van der Waals surface area (Å²) in [5, 5.41) is 4.32. The highest BCUT2D eigenvalue weighted by molar-refractivity contribution is 5.94. The SMILES string of the molecule is Nc1oncc1-c1c(F)ccc2ccoc12. The number of hydrogen-bond acceptors (Lipinski definition) is 4. The predicted octanol–water partition coefficient (Wildman–Crippen LogP) is 2.81. The average Bonchev–Trinajstić information content (AvgIpc) is 2.87. The Morgan fingerprint density at radius 3 is 2.88 bits per heavy atom. The maximum atomic E-state index is 13.8. The van der Waals surface area contributed by atoms with Crippen molar-refractivity contribution in [2.75, 3.05) is 5.73 Å². The van der Waals surface area contributed by atoms with Crippen LogP contribution in [0, 0.1) is 5.82 Å². The van der Waals surface area contributed by atoms with Crippen molar-refractivity contribution in [2.45, 2.75) is 0 Å². The van der Waals surface area contributed by atoms with Crippen LogP contribution in [0.15, 0.2) is 39.6 Å². The third-order valence-electron chi connectivity index (χ3n) is 2.44. The van der Waals surface area contributed by atoms with Crippen molar-refractivity contribution < 1.29 is 13.3 Å². The number of nitrogens with zero attached hydrogens (tertiary/aromatic N) is 1. The number of anilines is 1. The highest BCUT2D eigenvalue weighted by atomic mass is 19.1. The molecule has 4 nitrogen and oxygen atoms in total. The van der Waals surface area contributed by atoms with Crippen molar-refractivity contribution in [3.05, 3.63) is 36.5 Å². The first kappa shape index (κ1) is 8.96. The topological polar surface area (TPSA) is 65.2 Å². The zero-order valence-electron chi connectivity index (χ0n) is 8.11. The molecule has 1 aromatic carbocycles. The Hall–Kier alpha value is -2.30. The van der Waals surface area contributed by atoms with Crippen LogP contribution < -0.4 is 5.73 Å². The van der Waals surface area contributed by atoms with Crippen LogP contribution in [0.3, 0.4) is 0 Å². The molecule has 16 heavy (non-hydrogen) atoms. The van der Waals surface area contributed by atoms with Gasteiger partial charge in [-0.05, 0) is 18.2 Å². The monoisotopic (exact) mass is 218 g/mol. The molecule has 0 aliphatic heterocycles. The van der Waals surface area contributed by atoms with Crippen molar-refractivity contribution in [1.29, 1.82) is 0 Å². The van der Waals surface area contributed by atoms with Crippen molar-refractivity contribution >= 4 is 16.9 Å². The number of benzene rings is 1. The first-order chi connectivity index (χ1) is 7.77. The van der Waals surface area contributed by atoms with E-state index in [1.54, 1.807) is 12.1 Å². The van der Waals surface area contributed by atoms with E-state index < -0.39 is 5.82 Å². The van der Waals surface area contributed by atoms with Crippen LogP contribution in [0.2, 0.25) is 0 Å². The van der Waals surface area contributed by atoms with Gasteiger partial charge in [-0.1, -0.05) is 5.16 Å². The molecule has 0 saturated heterocycles. The molecule has 0 spiro atoms. The quantitative estimate of drug-likeness (QED) is 0.682. The number of halogens is 1. The maximum Gasteiger partial charge on any atom is 0.230 e. The van der Waals surface area contributed by atoms with Crippen molar-refractivity contribution in [3.8, 4) is 11.1 Å². The minimum Gasteiger partial charge on any atom is -0.464 e. The van der Waals surface area contributed by atoms with E-state index in [2.05, 4.69) is 5.16 Å². The summed E-state index contributed by atoms with van der Waals surface area (Å²) in [6.45, 7) is 0. The van der Waals surface area contributed by atoms with Gasteiger partial charge < -0.3 is 14.7 Å². The summed E-state index contributed by atoms with van der Waals surface area (Å²) in [4.78, 5) is 0. The molecule has 0 radical (unpaired) electrons. The zero-order valence-corrected chi connectivity index (χ0v) is 8.11. The van der Waals surface area contributed by atoms with E-state index in [0.29, 0.717) is 11.1 Å². The van der Waals surface area contributed by atoms with Gasteiger partial charge >= 0.3 is 0 Å². The van der Waals surface area contributed by atoms with Crippen LogP contribution in [-0.4, -0.2) is 5.16 Å². The molecular formula is C11H7FN2O2. The number of aromatic nitrogens is 1. The predicted molar refractivity (Wildman–Crippen MR) is 56.1 cm³/mol. The molecule has 2 aromatic heterocycles. The second-order valence-electron chi connectivity index (χ2n) is 3.37. The van der Waals surface area contributed by atoms with Gasteiger partial charge in [-0.2, -0.15) is 0 Å². The molecular weight excluding hydrogens is 211 g/mol. The molecule has 0 fully saturated rings. The normalized spacial score (nSPS) is 11.1. The first-order valence-corrected chi connectivity index (χ1v) is 4.63. The van der Waals surface area contributed by atoms with E-state index in [1.165, 1.54) is 18.5 Å². The highest BCUT2D eigenvalue weighted by Gasteiger charge is 2.17. The molecule has 0 atom stereocenters. The standard InChI is InChI=1S/C11H7FN2O2/c12-8-2-1-6-3-4-15-10(6)9(8)7-5-14-16-11(7)13/h1-5H,13H2. The van der Waals surface area contributed by atoms with Gasteiger partial charge in [-0.3, -0.25) is 0 Å². The van der Waals surface area contributed by atoms with E-state index in [9.17, 15) is 4.39 Å². The molecule has 0 aliphatic rings. The fourth-order valence-electron chi connectivity index (χ4n) is 1.70. The molecule has 0 bridgehead atoms. The number of nitrogen functional groups attached to an aromatic ring is 1. The van der Waals surface area contributed by atoms with E-state index in [0.717, 1.165) is 5.39 Å². The van der Waals surface area contributed by atoms with Gasteiger partial charge in [0.1, 0.15) is 11.4 Å². The van der Waals surface area contributed by atoms with Crippen LogP contribution in [-0.2, 0) is 0 Å². The Morgan fingerprint density at radius 2 is 2.12 bits per heavy atom. The van der Waals surface area contributed by atoms with Crippen LogP contribution in [0.25, 0.3) is 22.1 Å². The summed E-state index contributed by atoms with van der Waals surface area (Å²) in [5.74, 6) is -0.347. The van der Waals surface area contributed by atoms with E-state index in [4.69, 9.17) is 14.7 Å². The van der Waals surface area contributed by atoms with E-state index in [-0.39, 0.29) is 11.4 Å². The maximum absolute atomic E-state index is 13.8. The van der Waals surface area contributed by atoms with Crippen LogP contribution >= 0.6 is 0 Å². The molecule has 2 N–H and O–H groups in total. The van der Waals surface area contributed by atoms with Gasteiger partial charge in [0.05, 0.1) is 23.6 Å². The summed E-state index contributed by atoms with van der Waals surface area (Å²) in [7, 11) is 0. The minimum absolute atomic E-state index is 0.0720. The smallest absolute Gasteiger partial charge is 0.230 e. The van der Waals surface area contributed by atoms with Crippen molar-refractivity contribution in [2.24, 2.45) is 0 Å². The molecule has 0 unspecified atom stereocenters. The average molecular weight is 218 g/mol. The fourth-order valence-corrected chi connectivity index (χ4v) is 1.70. The molecule has 3 aromatic rings. The molecule has 3 rings (SSSR count). The Morgan fingerprint density at radius 1 is 1.25 bits per heavy atom. The number of hydrogen-bond donors (Lipinski definition) is 1. The number of rotatable bonds is 1. The van der Waals surface area contributed by atoms with Gasteiger partial charge in [0.2, 0.25) is 5.88 Å². The van der Waals surface area contributed by atoms with Crippen LogP contribution in [0.5, 0.6) is 0 Å². The van der Waals surface area contributed by atoms with Crippen LogP contribution in [0.4, 0.5) is 10.3 Å². The third-order valence-corrected chi connectivity index (χ3v) is 2.44. The van der Waals surface area contributed by atoms with Crippen molar-refractivity contribution in [3.63, 3.8) is 0 Å². The summed E-state index contributed by atoms with van der Waals surface area (Å²) >= 11 is 0. The Balaban J connectivity index is 2.42. The minimum atomic E-state index is -0.419. The molecule has 2 heterocycles. The largest absolute Gasteiger partial charge is 0.464 e. The lowest BCUT2D eigenvalue weighted by atomic mass is 10.1. The van der Waals surface area contributed by atoms with Crippen LogP contribution in [0.1, 0.15) is 0 Å². The van der Waals surface area contributed by atoms with Gasteiger partial charge in [0.15, 0.2) is 0 Å². The Bertz CT molecular complexity index is 657. The lowest BCUT2D eigenvalue weighted by molar-refractivity contribution is 0.436. The molecule has 0 saturated carbocycles. The first-order valence-electron chi connectivity index (χ1n) is 4.63. The third kappa shape index (κ3) is 1.11. The number of nitrogens with two attached hydrogens (primary N) is 1. The second kappa shape index (κ2) is 3.10. The van der Waals surface area contributed by atoms with Gasteiger partial charge in [0, 0.05) is 5.39 Å². The van der Waals surface area contributed by atoms with Crippen molar-refractivity contribution in [1.82, 2.24) is 5.16 Å². The lowest BCUT2D eigenvalue weighted by Crippen LogP contribution is -1.88. The number of furan rings is 1. The fraction of sp³-hybridized carbons (Fsp3) is 0. The molecule has 0 amide bonds. The Labute approximate surface area is 89.4 Å². The van der Waals surface area contributed by atoms with E-state index in [1.807, 2.05) is 0 Å². The molecule has 0 aliphatic carbocycles. The van der Waals surface area contributed by atoms with Gasteiger partial charge in [0.25, 0.3) is 0 Å². The highest BCUT2D eigenvalue weighted by Crippen LogP contribution is 2.34. The van der Waals surface area contributed by atoms with Gasteiger partial charge in [-0.15, -0.1) is 0 Å². The summed E-state index contributed by atoms with van der Waals surface area (Å²) in [6, 6.07) is 4.75. The van der Waals surface area contributed by atoms with Gasteiger partial charge in [-0.25, -0.2) is 4.39 Å². The van der Waals surface area contributed by atoms with E-state index >= 15 is 0 Å². The lowest BCUT2D eigenvalue weighted by Gasteiger charge is -2.01. The summed E-state index contributed by atoms with van der Waals surface area (Å²) in [5.41, 5.74) is 6.68. The molecule has 80 valence electrons. The Kier molecular flexibility index (Phi) is 1.73. The summed E-state index contributed by atoms with van der Waals surface area (Å²) in [6.07, 6.45) is 2.87. The second-order valence-corrected chi connectivity index (χ2v) is 3.37. The summed E-state index contributed by atoms with van der Waals surface area (Å²) < 4.78 is 23.7. The molecule has 5 heteroatoms. The zero-order chi connectivity index (χ0) is 11.1.